The third-order valence-corrected chi connectivity index (χ3v) is 2.87. The lowest BCUT2D eigenvalue weighted by molar-refractivity contribution is -0.384. The molecule has 0 fully saturated rings. The number of rotatable bonds is 5. The van der Waals surface area contributed by atoms with Crippen molar-refractivity contribution in [2.75, 3.05) is 6.61 Å². The molecule has 0 N–H and O–H groups in total. The third-order valence-electron chi connectivity index (χ3n) is 2.87. The number of hydrogen-bond acceptors (Lipinski definition) is 4. The summed E-state index contributed by atoms with van der Waals surface area (Å²) in [7, 11) is 0. The van der Waals surface area contributed by atoms with Gasteiger partial charge in [-0.25, -0.2) is 4.39 Å². The summed E-state index contributed by atoms with van der Waals surface area (Å²) in [5, 5.41) is 19.1. The molecule has 2 aromatic carbocycles. The molecule has 0 unspecified atom stereocenters. The van der Waals surface area contributed by atoms with Crippen LogP contribution in [-0.4, -0.2) is 11.5 Å². The highest BCUT2D eigenvalue weighted by atomic mass is 19.1. The number of nitrogens with zero attached hydrogens (tertiary/aromatic N) is 2. The van der Waals surface area contributed by atoms with E-state index in [0.29, 0.717) is 18.8 Å². The summed E-state index contributed by atoms with van der Waals surface area (Å²) >= 11 is 0. The fourth-order valence-corrected chi connectivity index (χ4v) is 1.75. The highest BCUT2D eigenvalue weighted by Gasteiger charge is 2.05. The van der Waals surface area contributed by atoms with Gasteiger partial charge in [-0.15, -0.1) is 0 Å². The zero-order chi connectivity index (χ0) is 15.2. The van der Waals surface area contributed by atoms with Crippen LogP contribution in [0.4, 0.5) is 10.1 Å². The average molecular weight is 286 g/mol. The molecule has 5 nitrogen and oxygen atoms in total. The molecular weight excluding hydrogens is 275 g/mol. The smallest absolute Gasteiger partial charge is 0.269 e. The van der Waals surface area contributed by atoms with Gasteiger partial charge in [-0.1, -0.05) is 12.1 Å². The van der Waals surface area contributed by atoms with Gasteiger partial charge in [0.1, 0.15) is 17.6 Å². The number of nitro benzene ring substituents is 1. The molecule has 0 aliphatic rings. The van der Waals surface area contributed by atoms with Crippen LogP contribution in [-0.2, 0) is 6.42 Å². The first-order chi connectivity index (χ1) is 10.1. The van der Waals surface area contributed by atoms with E-state index in [0.717, 1.165) is 11.6 Å². The van der Waals surface area contributed by atoms with E-state index < -0.39 is 10.7 Å². The van der Waals surface area contributed by atoms with Crippen LogP contribution in [0.1, 0.15) is 11.1 Å². The molecule has 0 aliphatic carbocycles. The molecule has 21 heavy (non-hydrogen) atoms. The Morgan fingerprint density at radius 3 is 2.52 bits per heavy atom. The molecule has 0 heterocycles. The van der Waals surface area contributed by atoms with Gasteiger partial charge in [0.2, 0.25) is 0 Å². The van der Waals surface area contributed by atoms with Crippen LogP contribution in [0.2, 0.25) is 0 Å². The van der Waals surface area contributed by atoms with E-state index >= 15 is 0 Å². The van der Waals surface area contributed by atoms with Crippen molar-refractivity contribution in [3.05, 3.63) is 69.5 Å². The van der Waals surface area contributed by atoms with Crippen molar-refractivity contribution in [3.63, 3.8) is 0 Å². The lowest BCUT2D eigenvalue weighted by atomic mass is 10.1. The minimum atomic E-state index is -0.620. The highest BCUT2D eigenvalue weighted by Crippen LogP contribution is 2.17. The summed E-state index contributed by atoms with van der Waals surface area (Å²) in [6.45, 7) is 0.309. The van der Waals surface area contributed by atoms with Gasteiger partial charge < -0.3 is 4.74 Å². The fourth-order valence-electron chi connectivity index (χ4n) is 1.75. The summed E-state index contributed by atoms with van der Waals surface area (Å²) in [6.07, 6.45) is 0.541. The first kappa shape index (κ1) is 14.5. The minimum Gasteiger partial charge on any atom is -0.493 e. The summed E-state index contributed by atoms with van der Waals surface area (Å²) < 4.78 is 18.7. The maximum Gasteiger partial charge on any atom is 0.269 e. The van der Waals surface area contributed by atoms with Gasteiger partial charge in [-0.3, -0.25) is 10.1 Å². The van der Waals surface area contributed by atoms with E-state index in [4.69, 9.17) is 10.00 Å². The van der Waals surface area contributed by atoms with Crippen LogP contribution < -0.4 is 4.74 Å². The van der Waals surface area contributed by atoms with Crippen LogP contribution in [0.3, 0.4) is 0 Å². The Labute approximate surface area is 120 Å². The van der Waals surface area contributed by atoms with Gasteiger partial charge in [0, 0.05) is 24.6 Å². The molecule has 0 spiro atoms. The summed E-state index contributed by atoms with van der Waals surface area (Å²) in [5.74, 6) is -0.279. The van der Waals surface area contributed by atoms with Crippen LogP contribution in [0.5, 0.6) is 5.75 Å². The first-order valence-electron chi connectivity index (χ1n) is 6.16. The van der Waals surface area contributed by atoms with Gasteiger partial charge >= 0.3 is 0 Å². The van der Waals surface area contributed by atoms with E-state index in [1.807, 2.05) is 0 Å². The fraction of sp³-hybridized carbons (Fsp3) is 0.133. The number of ether oxygens (including phenoxy) is 1. The lowest BCUT2D eigenvalue weighted by Gasteiger charge is -2.06. The van der Waals surface area contributed by atoms with Crippen LogP contribution in [0, 0.1) is 27.3 Å². The van der Waals surface area contributed by atoms with Gasteiger partial charge in [0.15, 0.2) is 0 Å². The minimum absolute atomic E-state index is 0.0299. The average Bonchev–Trinajstić information content (AvgIpc) is 2.48. The van der Waals surface area contributed by atoms with Gasteiger partial charge in [-0.2, -0.15) is 5.26 Å². The molecule has 0 radical (unpaired) electrons. The highest BCUT2D eigenvalue weighted by molar-refractivity contribution is 5.36. The van der Waals surface area contributed by atoms with E-state index in [1.54, 1.807) is 18.2 Å². The molecule has 0 atom stereocenters. The topological polar surface area (TPSA) is 76.2 Å². The monoisotopic (exact) mass is 286 g/mol. The number of non-ortho nitro benzene ring substituents is 1. The maximum absolute atomic E-state index is 13.4. The Morgan fingerprint density at radius 2 is 1.95 bits per heavy atom. The molecule has 0 saturated carbocycles. The van der Waals surface area contributed by atoms with Gasteiger partial charge in [0.25, 0.3) is 5.69 Å². The second kappa shape index (κ2) is 6.48. The first-order valence-corrected chi connectivity index (χ1v) is 6.16. The van der Waals surface area contributed by atoms with Crippen molar-refractivity contribution in [3.8, 4) is 11.8 Å². The molecule has 6 heteroatoms. The van der Waals surface area contributed by atoms with Crippen molar-refractivity contribution in [2.24, 2.45) is 0 Å². The standard InChI is InChI=1S/C15H11FN2O3/c16-15-9-14(6-3-12(15)10-17)21-8-7-11-1-4-13(5-2-11)18(19)20/h1-6,9H,7-8H2. The van der Waals surface area contributed by atoms with Crippen molar-refractivity contribution in [1.29, 1.82) is 5.26 Å². The third kappa shape index (κ3) is 3.76. The van der Waals surface area contributed by atoms with Crippen LogP contribution >= 0.6 is 0 Å². The largest absolute Gasteiger partial charge is 0.493 e. The number of benzene rings is 2. The molecule has 2 aromatic rings. The summed E-state index contributed by atoms with van der Waals surface area (Å²) in [5.41, 5.74) is 0.890. The molecule has 0 bridgehead atoms. The van der Waals surface area contributed by atoms with E-state index in [9.17, 15) is 14.5 Å². The molecule has 0 aliphatic heterocycles. The van der Waals surface area contributed by atoms with Crippen molar-refractivity contribution in [2.45, 2.75) is 6.42 Å². The Balaban J connectivity index is 1.91. The maximum atomic E-state index is 13.4. The summed E-state index contributed by atoms with van der Waals surface area (Å²) in [4.78, 5) is 10.1. The molecule has 106 valence electrons. The van der Waals surface area contributed by atoms with Crippen molar-refractivity contribution in [1.82, 2.24) is 0 Å². The lowest BCUT2D eigenvalue weighted by Crippen LogP contribution is -2.02. The normalized spacial score (nSPS) is 9.90. The summed E-state index contributed by atoms with van der Waals surface area (Å²) in [6, 6.07) is 11.9. The van der Waals surface area contributed by atoms with E-state index in [2.05, 4.69) is 0 Å². The van der Waals surface area contributed by atoms with Crippen molar-refractivity contribution < 1.29 is 14.1 Å². The quantitative estimate of drug-likeness (QED) is 0.624. The van der Waals surface area contributed by atoms with E-state index in [-0.39, 0.29) is 11.3 Å². The Bertz CT molecular complexity index is 693. The molecule has 2 rings (SSSR count). The Morgan fingerprint density at radius 1 is 1.24 bits per heavy atom. The Kier molecular flexibility index (Phi) is 4.46. The SMILES string of the molecule is N#Cc1ccc(OCCc2ccc([N+](=O)[O-])cc2)cc1F. The number of halogens is 1. The Hall–Kier alpha value is -2.94. The molecule has 0 amide bonds. The zero-order valence-corrected chi connectivity index (χ0v) is 11.0. The van der Waals surface area contributed by atoms with Crippen molar-refractivity contribution >= 4 is 5.69 Å². The molecule has 0 saturated heterocycles. The van der Waals surface area contributed by atoms with Gasteiger partial charge in [-0.05, 0) is 17.7 Å². The predicted octanol–water partition coefficient (Wildman–Crippen LogP) is 3.23. The number of nitriles is 1. The number of hydrogen-bond donors (Lipinski definition) is 0. The molecule has 0 aromatic heterocycles. The van der Waals surface area contributed by atoms with Crippen LogP contribution in [0.15, 0.2) is 42.5 Å². The zero-order valence-electron chi connectivity index (χ0n) is 11.0. The predicted molar refractivity (Wildman–Crippen MR) is 73.4 cm³/mol. The van der Waals surface area contributed by atoms with E-state index in [1.165, 1.54) is 24.3 Å². The van der Waals surface area contributed by atoms with Crippen LogP contribution in [0.25, 0.3) is 0 Å². The molecular formula is C15H11FN2O3. The number of nitro groups is 1. The van der Waals surface area contributed by atoms with Gasteiger partial charge in [0.05, 0.1) is 17.1 Å². The second-order valence-corrected chi connectivity index (χ2v) is 4.28. The second-order valence-electron chi connectivity index (χ2n) is 4.28.